The van der Waals surface area contributed by atoms with Crippen LogP contribution >= 0.6 is 15.9 Å². The molecule has 1 heterocycles. The molecule has 1 amide bonds. The van der Waals surface area contributed by atoms with Gasteiger partial charge in [0.2, 0.25) is 5.91 Å². The second kappa shape index (κ2) is 5.30. The fraction of sp³-hybridized carbons (Fsp3) is 0.455. The van der Waals surface area contributed by atoms with Gasteiger partial charge in [0.05, 0.1) is 11.0 Å². The summed E-state index contributed by atoms with van der Waals surface area (Å²) in [6.07, 6.45) is 1.68. The van der Waals surface area contributed by atoms with Crippen molar-refractivity contribution in [3.8, 4) is 0 Å². The Morgan fingerprint density at radius 1 is 1.50 bits per heavy atom. The molecule has 0 aliphatic carbocycles. The fourth-order valence-corrected chi connectivity index (χ4v) is 1.54. The Morgan fingerprint density at radius 3 is 2.75 bits per heavy atom. The van der Waals surface area contributed by atoms with Crippen LogP contribution in [0.4, 0.5) is 5.82 Å². The monoisotopic (exact) mass is 285 g/mol. The van der Waals surface area contributed by atoms with Gasteiger partial charge in [-0.25, -0.2) is 4.98 Å². The molecule has 0 fully saturated rings. The Labute approximate surface area is 104 Å². The summed E-state index contributed by atoms with van der Waals surface area (Å²) < 4.78 is 0.846. The molecule has 1 aromatic rings. The van der Waals surface area contributed by atoms with Crippen molar-refractivity contribution < 1.29 is 4.79 Å². The molecule has 4 nitrogen and oxygen atoms in total. The molecule has 0 spiro atoms. The minimum Gasteiger partial charge on any atom is -0.360 e. The van der Waals surface area contributed by atoms with Crippen LogP contribution in [0.5, 0.6) is 0 Å². The van der Waals surface area contributed by atoms with E-state index in [4.69, 9.17) is 0 Å². The van der Waals surface area contributed by atoms with Crippen molar-refractivity contribution in [1.82, 2.24) is 10.3 Å². The topological polar surface area (TPSA) is 54.0 Å². The van der Waals surface area contributed by atoms with Gasteiger partial charge in [-0.2, -0.15) is 0 Å². The summed E-state index contributed by atoms with van der Waals surface area (Å²) in [6, 6.07) is 3.70. The largest absolute Gasteiger partial charge is 0.360 e. The van der Waals surface area contributed by atoms with Crippen molar-refractivity contribution in [2.24, 2.45) is 0 Å². The van der Waals surface area contributed by atoms with Gasteiger partial charge >= 0.3 is 0 Å². The Balaban J connectivity index is 2.47. The Morgan fingerprint density at radius 2 is 2.19 bits per heavy atom. The normalized spacial score (nSPS) is 11.0. The molecule has 5 heteroatoms. The van der Waals surface area contributed by atoms with Crippen LogP contribution in [0.15, 0.2) is 22.8 Å². The van der Waals surface area contributed by atoms with Gasteiger partial charge in [0.15, 0.2) is 0 Å². The zero-order chi connectivity index (χ0) is 12.2. The quantitative estimate of drug-likeness (QED) is 0.895. The van der Waals surface area contributed by atoms with Crippen molar-refractivity contribution >= 4 is 27.7 Å². The van der Waals surface area contributed by atoms with E-state index < -0.39 is 0 Å². The summed E-state index contributed by atoms with van der Waals surface area (Å²) in [5.74, 6) is 0.622. The molecule has 0 radical (unpaired) electrons. The van der Waals surface area contributed by atoms with E-state index in [1.807, 2.05) is 32.9 Å². The van der Waals surface area contributed by atoms with Gasteiger partial charge < -0.3 is 10.6 Å². The van der Waals surface area contributed by atoms with Crippen LogP contribution in [0.3, 0.4) is 0 Å². The highest BCUT2D eigenvalue weighted by atomic mass is 79.9. The molecule has 1 aromatic heterocycles. The lowest BCUT2D eigenvalue weighted by Gasteiger charge is -2.20. The number of halogens is 1. The third kappa shape index (κ3) is 4.61. The molecule has 88 valence electrons. The van der Waals surface area contributed by atoms with E-state index in [1.165, 1.54) is 0 Å². The van der Waals surface area contributed by atoms with Gasteiger partial charge in [0.25, 0.3) is 0 Å². The average Bonchev–Trinajstić information content (AvgIpc) is 2.14. The zero-order valence-electron chi connectivity index (χ0n) is 9.67. The van der Waals surface area contributed by atoms with Crippen LogP contribution in [-0.4, -0.2) is 23.0 Å². The van der Waals surface area contributed by atoms with Crippen molar-refractivity contribution in [1.29, 1.82) is 0 Å². The Hall–Kier alpha value is -1.10. The average molecular weight is 286 g/mol. The Bertz CT molecular complexity index is 374. The lowest BCUT2D eigenvalue weighted by atomic mass is 10.1. The number of hydrogen-bond acceptors (Lipinski definition) is 3. The van der Waals surface area contributed by atoms with E-state index in [9.17, 15) is 4.79 Å². The molecule has 2 N–H and O–H groups in total. The summed E-state index contributed by atoms with van der Waals surface area (Å²) in [5.41, 5.74) is -0.208. The molecule has 0 atom stereocenters. The maximum absolute atomic E-state index is 11.5. The number of carbonyl (C=O) groups excluding carboxylic acids is 1. The molecule has 0 saturated heterocycles. The second-order valence-corrected chi connectivity index (χ2v) is 5.34. The molecule has 16 heavy (non-hydrogen) atoms. The molecule has 1 rings (SSSR count). The van der Waals surface area contributed by atoms with E-state index in [1.54, 1.807) is 6.20 Å². The first kappa shape index (κ1) is 13.0. The van der Waals surface area contributed by atoms with Crippen LogP contribution in [0.25, 0.3) is 0 Å². The predicted molar refractivity (Wildman–Crippen MR) is 68.3 cm³/mol. The number of nitrogens with one attached hydrogen (secondary N) is 2. The smallest absolute Gasteiger partial charge is 0.239 e. The second-order valence-electron chi connectivity index (χ2n) is 4.49. The molecular weight excluding hydrogens is 270 g/mol. The molecule has 0 saturated carbocycles. The van der Waals surface area contributed by atoms with E-state index in [-0.39, 0.29) is 18.0 Å². The standard InChI is InChI=1S/C11H16BrN3O/c1-11(2,3)15-9(16)7-14-10-8(12)5-4-6-13-10/h4-6H,7H2,1-3H3,(H,13,14)(H,15,16). The lowest BCUT2D eigenvalue weighted by molar-refractivity contribution is -0.120. The number of carbonyl (C=O) groups is 1. The highest BCUT2D eigenvalue weighted by molar-refractivity contribution is 9.10. The highest BCUT2D eigenvalue weighted by Crippen LogP contribution is 2.17. The highest BCUT2D eigenvalue weighted by Gasteiger charge is 2.13. The van der Waals surface area contributed by atoms with Crippen LogP contribution in [0.2, 0.25) is 0 Å². The van der Waals surface area contributed by atoms with Crippen molar-refractivity contribution in [3.05, 3.63) is 22.8 Å². The number of hydrogen-bond donors (Lipinski definition) is 2. The van der Waals surface area contributed by atoms with E-state index in [2.05, 4.69) is 31.5 Å². The van der Waals surface area contributed by atoms with Gasteiger partial charge in [-0.3, -0.25) is 4.79 Å². The third-order valence-corrected chi connectivity index (χ3v) is 2.33. The number of rotatable bonds is 3. The third-order valence-electron chi connectivity index (χ3n) is 1.69. The first-order valence-electron chi connectivity index (χ1n) is 5.04. The summed E-state index contributed by atoms with van der Waals surface area (Å²) >= 11 is 3.35. The summed E-state index contributed by atoms with van der Waals surface area (Å²) in [7, 11) is 0. The molecule has 0 unspecified atom stereocenters. The molecule has 0 aliphatic heterocycles. The minimum atomic E-state index is -0.208. The minimum absolute atomic E-state index is 0.0509. The maximum Gasteiger partial charge on any atom is 0.239 e. The number of amides is 1. The van der Waals surface area contributed by atoms with Crippen LogP contribution in [0.1, 0.15) is 20.8 Å². The predicted octanol–water partition coefficient (Wildman–Crippen LogP) is 2.17. The molecule has 0 aromatic carbocycles. The zero-order valence-corrected chi connectivity index (χ0v) is 11.3. The number of nitrogens with zero attached hydrogens (tertiary/aromatic N) is 1. The molecule has 0 aliphatic rings. The number of pyridine rings is 1. The Kier molecular flexibility index (Phi) is 4.29. The fourth-order valence-electron chi connectivity index (χ4n) is 1.14. The van der Waals surface area contributed by atoms with Gasteiger partial charge in [-0.1, -0.05) is 0 Å². The first-order chi connectivity index (χ1) is 7.38. The van der Waals surface area contributed by atoms with Gasteiger partial charge in [-0.05, 0) is 48.8 Å². The van der Waals surface area contributed by atoms with E-state index in [0.29, 0.717) is 5.82 Å². The van der Waals surface area contributed by atoms with E-state index in [0.717, 1.165) is 4.47 Å². The molecule has 0 bridgehead atoms. The van der Waals surface area contributed by atoms with Crippen LogP contribution in [-0.2, 0) is 4.79 Å². The van der Waals surface area contributed by atoms with Crippen molar-refractivity contribution in [3.63, 3.8) is 0 Å². The van der Waals surface area contributed by atoms with Crippen LogP contribution < -0.4 is 10.6 Å². The SMILES string of the molecule is CC(C)(C)NC(=O)CNc1ncccc1Br. The first-order valence-corrected chi connectivity index (χ1v) is 5.83. The van der Waals surface area contributed by atoms with Gasteiger partial charge in [-0.15, -0.1) is 0 Å². The summed E-state index contributed by atoms with van der Waals surface area (Å²) in [4.78, 5) is 15.6. The number of aromatic nitrogens is 1. The van der Waals surface area contributed by atoms with Crippen molar-refractivity contribution in [2.45, 2.75) is 26.3 Å². The van der Waals surface area contributed by atoms with Gasteiger partial charge in [0, 0.05) is 11.7 Å². The summed E-state index contributed by atoms with van der Waals surface area (Å²) in [6.45, 7) is 6.05. The van der Waals surface area contributed by atoms with Crippen LogP contribution in [0, 0.1) is 0 Å². The summed E-state index contributed by atoms with van der Waals surface area (Å²) in [5, 5.41) is 5.83. The number of anilines is 1. The maximum atomic E-state index is 11.5. The van der Waals surface area contributed by atoms with Gasteiger partial charge in [0.1, 0.15) is 5.82 Å². The molecular formula is C11H16BrN3O. The lowest BCUT2D eigenvalue weighted by Crippen LogP contribution is -2.43. The van der Waals surface area contributed by atoms with E-state index >= 15 is 0 Å². The van der Waals surface area contributed by atoms with Crippen molar-refractivity contribution in [2.75, 3.05) is 11.9 Å².